The molecule has 1 aromatic heterocycles. The molecule has 0 saturated heterocycles. The van der Waals surface area contributed by atoms with Crippen molar-refractivity contribution in [1.29, 1.82) is 0 Å². The lowest BCUT2D eigenvalue weighted by Crippen LogP contribution is -2.21. The second-order valence-electron chi connectivity index (χ2n) is 5.16. The molecule has 0 bridgehead atoms. The zero-order valence-electron chi connectivity index (χ0n) is 11.7. The highest BCUT2D eigenvalue weighted by Gasteiger charge is 2.31. The van der Waals surface area contributed by atoms with Gasteiger partial charge in [-0.25, -0.2) is 4.98 Å². The van der Waals surface area contributed by atoms with E-state index in [-0.39, 0.29) is 16.7 Å². The highest BCUT2D eigenvalue weighted by atomic mass is 35.5. The number of ether oxygens (including phenoxy) is 1. The minimum atomic E-state index is -4.39. The van der Waals surface area contributed by atoms with Gasteiger partial charge in [-0.15, -0.1) is 0 Å². The van der Waals surface area contributed by atoms with E-state index in [4.69, 9.17) is 16.3 Å². The van der Waals surface area contributed by atoms with Gasteiger partial charge in [-0.1, -0.05) is 11.6 Å². The first-order valence-corrected chi connectivity index (χ1v) is 7.26. The van der Waals surface area contributed by atoms with Gasteiger partial charge in [0.15, 0.2) is 5.78 Å². The molecule has 1 aromatic carbocycles. The minimum Gasteiger partial charge on any atom is -0.484 e. The Balaban J connectivity index is 1.85. The standard InChI is InChI=1S/C16H11ClF3NO2/c17-14-8-5-11-12(22)6-7-13(15(11)21-14)23-10-3-1-9(2-4-10)16(18,19)20/h1-5,8,13H,6-7H2. The zero-order chi connectivity index (χ0) is 16.6. The van der Waals surface area contributed by atoms with E-state index in [1.165, 1.54) is 18.2 Å². The van der Waals surface area contributed by atoms with E-state index in [0.717, 1.165) is 12.1 Å². The number of rotatable bonds is 2. The van der Waals surface area contributed by atoms with Gasteiger partial charge in [-0.05, 0) is 42.8 Å². The fourth-order valence-corrected chi connectivity index (χ4v) is 2.62. The summed E-state index contributed by atoms with van der Waals surface area (Å²) in [4.78, 5) is 16.0. The number of aromatic nitrogens is 1. The molecule has 1 unspecified atom stereocenters. The van der Waals surface area contributed by atoms with Gasteiger partial charge in [0.1, 0.15) is 17.0 Å². The molecule has 0 amide bonds. The van der Waals surface area contributed by atoms with Crippen molar-refractivity contribution in [3.05, 3.63) is 58.4 Å². The quantitative estimate of drug-likeness (QED) is 0.733. The first-order chi connectivity index (χ1) is 10.8. The van der Waals surface area contributed by atoms with Crippen LogP contribution in [-0.4, -0.2) is 10.8 Å². The van der Waals surface area contributed by atoms with Crippen LogP contribution in [0.3, 0.4) is 0 Å². The maximum atomic E-state index is 12.6. The van der Waals surface area contributed by atoms with Gasteiger partial charge in [-0.2, -0.15) is 13.2 Å². The second kappa shape index (κ2) is 5.85. The Labute approximate surface area is 135 Å². The Morgan fingerprint density at radius 3 is 2.48 bits per heavy atom. The van der Waals surface area contributed by atoms with Crippen molar-refractivity contribution in [3.8, 4) is 5.75 Å². The number of carbonyl (C=O) groups is 1. The van der Waals surface area contributed by atoms with Crippen LogP contribution in [0.2, 0.25) is 5.15 Å². The van der Waals surface area contributed by atoms with Crippen LogP contribution >= 0.6 is 11.6 Å². The van der Waals surface area contributed by atoms with Gasteiger partial charge >= 0.3 is 6.18 Å². The Kier molecular flexibility index (Phi) is 4.02. The number of ketones is 1. The molecule has 2 aromatic rings. The number of benzene rings is 1. The Bertz CT molecular complexity index is 744. The first-order valence-electron chi connectivity index (χ1n) is 6.88. The Hall–Kier alpha value is -2.08. The van der Waals surface area contributed by atoms with Gasteiger partial charge in [-0.3, -0.25) is 4.79 Å². The molecule has 0 aliphatic heterocycles. The molecule has 0 saturated carbocycles. The monoisotopic (exact) mass is 341 g/mol. The lowest BCUT2D eigenvalue weighted by Gasteiger charge is -2.24. The molecular weight excluding hydrogens is 331 g/mol. The molecule has 3 nitrogen and oxygen atoms in total. The van der Waals surface area contributed by atoms with Crippen LogP contribution in [-0.2, 0) is 6.18 Å². The summed E-state index contributed by atoms with van der Waals surface area (Å²) < 4.78 is 43.4. The lowest BCUT2D eigenvalue weighted by atomic mass is 9.92. The number of hydrogen-bond donors (Lipinski definition) is 0. The second-order valence-corrected chi connectivity index (χ2v) is 5.54. The van der Waals surface area contributed by atoms with Crippen LogP contribution in [0.25, 0.3) is 0 Å². The summed E-state index contributed by atoms with van der Waals surface area (Å²) in [6.45, 7) is 0. The lowest BCUT2D eigenvalue weighted by molar-refractivity contribution is -0.137. The van der Waals surface area contributed by atoms with Crippen LogP contribution in [0.4, 0.5) is 13.2 Å². The summed E-state index contributed by atoms with van der Waals surface area (Å²) in [7, 11) is 0. The molecule has 0 spiro atoms. The van der Waals surface area contributed by atoms with E-state index in [1.807, 2.05) is 0 Å². The SMILES string of the molecule is O=C1CCC(Oc2ccc(C(F)(F)F)cc2)c2nc(Cl)ccc21. The summed E-state index contributed by atoms with van der Waals surface area (Å²) in [5, 5.41) is 0.236. The zero-order valence-corrected chi connectivity index (χ0v) is 12.5. The summed E-state index contributed by atoms with van der Waals surface area (Å²) in [5.74, 6) is 0.238. The number of alkyl halides is 3. The first kappa shape index (κ1) is 15.8. The van der Waals surface area contributed by atoms with Crippen LogP contribution in [0.15, 0.2) is 36.4 Å². The number of Topliss-reactive ketones (excluding diaryl/α,β-unsaturated/α-hetero) is 1. The molecule has 1 aliphatic carbocycles. The van der Waals surface area contributed by atoms with Gasteiger partial charge in [0, 0.05) is 12.0 Å². The van der Waals surface area contributed by atoms with E-state index < -0.39 is 17.8 Å². The molecule has 7 heteroatoms. The number of hydrogen-bond acceptors (Lipinski definition) is 3. The topological polar surface area (TPSA) is 39.2 Å². The molecule has 0 radical (unpaired) electrons. The molecule has 0 fully saturated rings. The van der Waals surface area contributed by atoms with E-state index >= 15 is 0 Å². The molecule has 1 heterocycles. The van der Waals surface area contributed by atoms with Gasteiger partial charge < -0.3 is 4.74 Å². The summed E-state index contributed by atoms with van der Waals surface area (Å²) in [5.41, 5.74) is 0.122. The van der Waals surface area contributed by atoms with Crippen molar-refractivity contribution < 1.29 is 22.7 Å². The smallest absolute Gasteiger partial charge is 0.416 e. The highest BCUT2D eigenvalue weighted by Crippen LogP contribution is 2.35. The Morgan fingerprint density at radius 1 is 1.13 bits per heavy atom. The summed E-state index contributed by atoms with van der Waals surface area (Å²) in [6.07, 6.45) is -4.21. The van der Waals surface area contributed by atoms with Crippen molar-refractivity contribution >= 4 is 17.4 Å². The van der Waals surface area contributed by atoms with E-state index in [1.54, 1.807) is 6.07 Å². The fraction of sp³-hybridized carbons (Fsp3) is 0.250. The summed E-state index contributed by atoms with van der Waals surface area (Å²) >= 11 is 5.86. The average molecular weight is 342 g/mol. The van der Waals surface area contributed by atoms with Gasteiger partial charge in [0.25, 0.3) is 0 Å². The van der Waals surface area contributed by atoms with Crippen molar-refractivity contribution in [1.82, 2.24) is 4.98 Å². The van der Waals surface area contributed by atoms with Crippen molar-refractivity contribution in [3.63, 3.8) is 0 Å². The third kappa shape index (κ3) is 3.32. The normalized spacial score (nSPS) is 17.7. The predicted octanol–water partition coefficient (Wildman–Crippen LogP) is 4.85. The van der Waals surface area contributed by atoms with Crippen molar-refractivity contribution in [2.24, 2.45) is 0 Å². The van der Waals surface area contributed by atoms with Gasteiger partial charge in [0.2, 0.25) is 0 Å². The highest BCUT2D eigenvalue weighted by molar-refractivity contribution is 6.29. The molecule has 3 rings (SSSR count). The molecular formula is C16H11ClF3NO2. The molecule has 1 aliphatic rings. The van der Waals surface area contributed by atoms with E-state index in [9.17, 15) is 18.0 Å². The maximum Gasteiger partial charge on any atom is 0.416 e. The molecule has 23 heavy (non-hydrogen) atoms. The largest absolute Gasteiger partial charge is 0.484 e. The Morgan fingerprint density at radius 2 is 1.83 bits per heavy atom. The minimum absolute atomic E-state index is 0.0450. The number of pyridine rings is 1. The maximum absolute atomic E-state index is 12.6. The van der Waals surface area contributed by atoms with Gasteiger partial charge in [0.05, 0.1) is 11.3 Å². The summed E-state index contributed by atoms with van der Waals surface area (Å²) in [6, 6.07) is 7.53. The van der Waals surface area contributed by atoms with Crippen LogP contribution < -0.4 is 4.74 Å². The number of nitrogens with zero attached hydrogens (tertiary/aromatic N) is 1. The molecule has 0 N–H and O–H groups in total. The van der Waals surface area contributed by atoms with E-state index in [2.05, 4.69) is 4.98 Å². The van der Waals surface area contributed by atoms with Crippen molar-refractivity contribution in [2.75, 3.05) is 0 Å². The van der Waals surface area contributed by atoms with E-state index in [0.29, 0.717) is 24.1 Å². The number of carbonyl (C=O) groups excluding carboxylic acids is 1. The number of halogens is 4. The van der Waals surface area contributed by atoms with Crippen LogP contribution in [0.1, 0.15) is 40.6 Å². The third-order valence-corrected chi connectivity index (χ3v) is 3.80. The number of fused-ring (bicyclic) bond motifs is 1. The molecule has 1 atom stereocenters. The van der Waals surface area contributed by atoms with Crippen LogP contribution in [0, 0.1) is 0 Å². The van der Waals surface area contributed by atoms with Crippen molar-refractivity contribution in [2.45, 2.75) is 25.1 Å². The third-order valence-electron chi connectivity index (χ3n) is 3.59. The molecule has 120 valence electrons. The average Bonchev–Trinajstić information content (AvgIpc) is 2.50. The van der Waals surface area contributed by atoms with Crippen LogP contribution in [0.5, 0.6) is 5.75 Å². The predicted molar refractivity (Wildman–Crippen MR) is 77.6 cm³/mol. The fourth-order valence-electron chi connectivity index (χ4n) is 2.47.